The minimum Gasteiger partial charge on any atom is -0.119 e. The van der Waals surface area contributed by atoms with Crippen LogP contribution in [-0.2, 0) is 13.6 Å². The van der Waals surface area contributed by atoms with Crippen LogP contribution in [0.3, 0.4) is 0 Å². The van der Waals surface area contributed by atoms with Gasteiger partial charge in [-0.15, -0.1) is 15.6 Å². The fraction of sp³-hybridized carbons (Fsp3) is 0.818. The lowest BCUT2D eigenvalue weighted by Gasteiger charge is -2.09. The van der Waals surface area contributed by atoms with Gasteiger partial charge >= 0.3 is 8.25 Å². The largest absolute Gasteiger partial charge is 0.697 e. The number of rotatable bonds is 10. The molecule has 0 aliphatic heterocycles. The Morgan fingerprint density at radius 3 is 2.67 bits per heavy atom. The smallest absolute Gasteiger partial charge is 0.119 e. The molecule has 0 amide bonds. The molecule has 0 heterocycles. The summed E-state index contributed by atoms with van der Waals surface area (Å²) >= 11 is 0. The first-order valence-electron chi connectivity index (χ1n) is 5.58. The van der Waals surface area contributed by atoms with Crippen molar-refractivity contribution in [2.75, 3.05) is 13.2 Å². The van der Waals surface area contributed by atoms with Crippen LogP contribution in [0.2, 0.25) is 0 Å². The molecule has 0 aromatic rings. The van der Waals surface area contributed by atoms with Gasteiger partial charge in [0.15, 0.2) is 0 Å². The van der Waals surface area contributed by atoms with Crippen molar-refractivity contribution in [2.45, 2.75) is 39.5 Å². The van der Waals surface area contributed by atoms with Crippen LogP contribution in [0.25, 0.3) is 0 Å². The third kappa shape index (κ3) is 8.73. The Labute approximate surface area is 93.8 Å². The normalized spacial score (nSPS) is 13.6. The highest BCUT2D eigenvalue weighted by atomic mass is 31.1. The van der Waals surface area contributed by atoms with Gasteiger partial charge < -0.3 is 0 Å². The van der Waals surface area contributed by atoms with Crippen molar-refractivity contribution in [3.8, 4) is 0 Å². The molecule has 3 nitrogen and oxygen atoms in total. The van der Waals surface area contributed by atoms with Gasteiger partial charge in [-0.2, -0.15) is 0 Å². The topological polar surface area (TPSA) is 35.5 Å². The van der Waals surface area contributed by atoms with Crippen LogP contribution in [0.1, 0.15) is 39.5 Å². The fourth-order valence-corrected chi connectivity index (χ4v) is 1.85. The van der Waals surface area contributed by atoms with Gasteiger partial charge in [0.25, 0.3) is 0 Å². The molecule has 88 valence electrons. The summed E-state index contributed by atoms with van der Waals surface area (Å²) in [4.78, 5) is 0. The third-order valence-corrected chi connectivity index (χ3v) is 2.98. The van der Waals surface area contributed by atoms with Crippen LogP contribution in [0, 0.1) is 5.92 Å². The molecule has 2 atom stereocenters. The molecule has 0 spiro atoms. The standard InChI is InChI=1S/C11H22O3P/c1-4-7-8-11(6-3)10-14-15(12)13-9-5-2/h5,11H,2,4,6-10H2,1,3H3/q+1. The van der Waals surface area contributed by atoms with E-state index >= 15 is 0 Å². The molecule has 0 fully saturated rings. The van der Waals surface area contributed by atoms with Crippen LogP contribution in [0.4, 0.5) is 0 Å². The average Bonchev–Trinajstić information content (AvgIpc) is 2.26. The number of hydrogen-bond acceptors (Lipinski definition) is 3. The second kappa shape index (κ2) is 10.3. The predicted molar refractivity (Wildman–Crippen MR) is 63.0 cm³/mol. The second-order valence-electron chi connectivity index (χ2n) is 3.52. The van der Waals surface area contributed by atoms with Gasteiger partial charge in [-0.05, 0) is 12.3 Å². The van der Waals surface area contributed by atoms with E-state index < -0.39 is 8.25 Å². The maximum absolute atomic E-state index is 11.2. The Morgan fingerprint density at radius 2 is 2.13 bits per heavy atom. The van der Waals surface area contributed by atoms with Gasteiger partial charge in [-0.1, -0.05) is 39.2 Å². The van der Waals surface area contributed by atoms with E-state index in [1.165, 1.54) is 12.8 Å². The lowest BCUT2D eigenvalue weighted by Crippen LogP contribution is -2.06. The quantitative estimate of drug-likeness (QED) is 0.421. The molecule has 4 heteroatoms. The van der Waals surface area contributed by atoms with Gasteiger partial charge in [0.05, 0.1) is 0 Å². The highest BCUT2D eigenvalue weighted by molar-refractivity contribution is 7.33. The van der Waals surface area contributed by atoms with Crippen LogP contribution < -0.4 is 0 Å². The maximum Gasteiger partial charge on any atom is 0.697 e. The molecule has 0 aromatic heterocycles. The van der Waals surface area contributed by atoms with Gasteiger partial charge in [-0.3, -0.25) is 0 Å². The molecule has 0 rings (SSSR count). The Morgan fingerprint density at radius 1 is 1.40 bits per heavy atom. The SMILES string of the molecule is C=CCO[P+](=O)OCC(CC)CCCC. The van der Waals surface area contributed by atoms with E-state index in [9.17, 15) is 4.57 Å². The third-order valence-electron chi connectivity index (χ3n) is 2.26. The second-order valence-corrected chi connectivity index (χ2v) is 4.48. The zero-order valence-corrected chi connectivity index (χ0v) is 10.7. The lowest BCUT2D eigenvalue weighted by atomic mass is 10.0. The minimum absolute atomic E-state index is 0.279. The molecule has 2 unspecified atom stereocenters. The first kappa shape index (κ1) is 14.8. The van der Waals surface area contributed by atoms with Crippen molar-refractivity contribution in [1.29, 1.82) is 0 Å². The Kier molecular flexibility index (Phi) is 10.1. The minimum atomic E-state index is -1.96. The molecule has 0 bridgehead atoms. The lowest BCUT2D eigenvalue weighted by molar-refractivity contribution is 0.197. The van der Waals surface area contributed by atoms with Crippen LogP contribution >= 0.6 is 8.25 Å². The maximum atomic E-state index is 11.2. The van der Waals surface area contributed by atoms with E-state index in [1.54, 1.807) is 6.08 Å². The summed E-state index contributed by atoms with van der Waals surface area (Å²) < 4.78 is 21.1. The fourth-order valence-electron chi connectivity index (χ4n) is 1.22. The van der Waals surface area contributed by atoms with E-state index in [1.807, 2.05) is 0 Å². The molecule has 0 aliphatic carbocycles. The predicted octanol–water partition coefficient (Wildman–Crippen LogP) is 4.08. The van der Waals surface area contributed by atoms with Crippen molar-refractivity contribution >= 4 is 8.25 Å². The first-order valence-corrected chi connectivity index (χ1v) is 6.68. The van der Waals surface area contributed by atoms with Gasteiger partial charge in [-0.25, -0.2) is 0 Å². The van der Waals surface area contributed by atoms with Crippen molar-refractivity contribution in [3.05, 3.63) is 12.7 Å². The van der Waals surface area contributed by atoms with E-state index in [0.29, 0.717) is 12.5 Å². The number of hydrogen-bond donors (Lipinski definition) is 0. The van der Waals surface area contributed by atoms with Crippen molar-refractivity contribution < 1.29 is 13.6 Å². The molecule has 15 heavy (non-hydrogen) atoms. The molecule has 0 aromatic carbocycles. The average molecular weight is 233 g/mol. The van der Waals surface area contributed by atoms with E-state index in [0.717, 1.165) is 12.8 Å². The van der Waals surface area contributed by atoms with E-state index in [4.69, 9.17) is 9.05 Å². The van der Waals surface area contributed by atoms with Crippen LogP contribution in [0.5, 0.6) is 0 Å². The summed E-state index contributed by atoms with van der Waals surface area (Å²) in [6, 6.07) is 0. The molecular weight excluding hydrogens is 211 g/mol. The van der Waals surface area contributed by atoms with Gasteiger partial charge in [0.2, 0.25) is 0 Å². The molecule has 0 aliphatic rings. The van der Waals surface area contributed by atoms with Gasteiger partial charge in [0, 0.05) is 4.57 Å². The summed E-state index contributed by atoms with van der Waals surface area (Å²) in [5.41, 5.74) is 0. The molecule has 0 radical (unpaired) electrons. The first-order chi connectivity index (χ1) is 7.24. The Bertz CT molecular complexity index is 183. The van der Waals surface area contributed by atoms with Crippen LogP contribution in [0.15, 0.2) is 12.7 Å². The van der Waals surface area contributed by atoms with E-state index in [-0.39, 0.29) is 6.61 Å². The molecule has 0 saturated heterocycles. The molecule has 0 saturated carbocycles. The summed E-state index contributed by atoms with van der Waals surface area (Å²) in [6.07, 6.45) is 6.15. The zero-order valence-electron chi connectivity index (χ0n) is 9.78. The monoisotopic (exact) mass is 233 g/mol. The summed E-state index contributed by atoms with van der Waals surface area (Å²) in [5, 5.41) is 0. The van der Waals surface area contributed by atoms with Crippen molar-refractivity contribution in [1.82, 2.24) is 0 Å². The highest BCUT2D eigenvalue weighted by Gasteiger charge is 2.21. The van der Waals surface area contributed by atoms with Crippen LogP contribution in [-0.4, -0.2) is 13.2 Å². The van der Waals surface area contributed by atoms with E-state index in [2.05, 4.69) is 20.4 Å². The summed E-state index contributed by atoms with van der Waals surface area (Å²) in [5.74, 6) is 0.497. The Hall–Kier alpha value is -0.240. The van der Waals surface area contributed by atoms with Gasteiger partial charge in [0.1, 0.15) is 13.2 Å². The molecular formula is C11H22O3P+. The number of unbranched alkanes of at least 4 members (excludes halogenated alkanes) is 1. The molecule has 0 N–H and O–H groups in total. The summed E-state index contributed by atoms with van der Waals surface area (Å²) in [6.45, 7) is 8.58. The highest BCUT2D eigenvalue weighted by Crippen LogP contribution is 2.26. The Balaban J connectivity index is 3.59. The van der Waals surface area contributed by atoms with Crippen molar-refractivity contribution in [2.24, 2.45) is 5.92 Å². The summed E-state index contributed by atoms with van der Waals surface area (Å²) in [7, 11) is -1.96. The van der Waals surface area contributed by atoms with Crippen molar-refractivity contribution in [3.63, 3.8) is 0 Å². The zero-order chi connectivity index (χ0) is 11.5.